The number of hydrogen-bond donors (Lipinski definition) is 1. The van der Waals surface area contributed by atoms with Gasteiger partial charge in [-0.3, -0.25) is 14.5 Å². The third-order valence-corrected chi connectivity index (χ3v) is 5.16. The Morgan fingerprint density at radius 3 is 2.41 bits per heavy atom. The van der Waals surface area contributed by atoms with Crippen LogP contribution in [0.1, 0.15) is 53.4 Å². The molecule has 4 amide bonds. The molecule has 0 aromatic heterocycles. The molecule has 0 spiro atoms. The lowest BCUT2D eigenvalue weighted by atomic mass is 9.93. The van der Waals surface area contributed by atoms with Crippen LogP contribution >= 0.6 is 0 Å². The van der Waals surface area contributed by atoms with Crippen LogP contribution in [0.2, 0.25) is 0 Å². The van der Waals surface area contributed by atoms with Crippen LogP contribution in [0.3, 0.4) is 0 Å². The molecule has 0 aliphatic carbocycles. The third kappa shape index (κ3) is 2.71. The topological polar surface area (TPSA) is 69.7 Å². The van der Waals surface area contributed by atoms with Crippen molar-refractivity contribution < 1.29 is 14.4 Å². The summed E-state index contributed by atoms with van der Waals surface area (Å²) >= 11 is 0. The van der Waals surface area contributed by atoms with Crippen molar-refractivity contribution in [2.45, 2.75) is 65.0 Å². The molecule has 2 aliphatic heterocycles. The maximum Gasteiger partial charge on any atom is 0.325 e. The van der Waals surface area contributed by atoms with Crippen LogP contribution in [-0.4, -0.2) is 52.3 Å². The number of hydrogen-bond acceptors (Lipinski definition) is 3. The molecular formula is C16H27N3O3. The highest BCUT2D eigenvalue weighted by Gasteiger charge is 2.49. The maximum atomic E-state index is 12.5. The van der Waals surface area contributed by atoms with Gasteiger partial charge in [-0.1, -0.05) is 27.7 Å². The maximum absolute atomic E-state index is 12.5. The first-order chi connectivity index (χ1) is 10.4. The average molecular weight is 309 g/mol. The fraction of sp³-hybridized carbons (Fsp3) is 0.812. The summed E-state index contributed by atoms with van der Waals surface area (Å²) in [6, 6.07) is -0.215. The number of imide groups is 1. The fourth-order valence-corrected chi connectivity index (χ4v) is 3.62. The van der Waals surface area contributed by atoms with E-state index in [1.165, 1.54) is 0 Å². The Bertz CT molecular complexity index is 473. The van der Waals surface area contributed by atoms with Gasteiger partial charge in [0.2, 0.25) is 5.91 Å². The average Bonchev–Trinajstić information content (AvgIpc) is 3.00. The molecule has 6 heteroatoms. The number of nitrogens with one attached hydrogen (secondary N) is 1. The second-order valence-corrected chi connectivity index (χ2v) is 6.56. The molecule has 0 radical (unpaired) electrons. The fourth-order valence-electron chi connectivity index (χ4n) is 3.62. The molecule has 1 N–H and O–H groups in total. The first kappa shape index (κ1) is 16.8. The molecule has 0 unspecified atom stereocenters. The van der Waals surface area contributed by atoms with Gasteiger partial charge in [0.05, 0.1) is 0 Å². The van der Waals surface area contributed by atoms with E-state index in [0.717, 1.165) is 17.7 Å². The van der Waals surface area contributed by atoms with Crippen LogP contribution in [0, 0.1) is 5.92 Å². The molecule has 2 fully saturated rings. The standard InChI is InChI=1S/C16H27N3O3/c1-5-12-8-11(4)9-18(12)13(20)10-19-14(21)16(6-2,7-3)17-15(19)22/h11-12H,5-10H2,1-4H3,(H,17,22)/t11-,12-/m1/s1. The quantitative estimate of drug-likeness (QED) is 0.787. The van der Waals surface area contributed by atoms with Crippen molar-refractivity contribution in [1.29, 1.82) is 0 Å². The van der Waals surface area contributed by atoms with Crippen LogP contribution in [0.15, 0.2) is 0 Å². The molecule has 2 atom stereocenters. The molecule has 22 heavy (non-hydrogen) atoms. The van der Waals surface area contributed by atoms with Crippen molar-refractivity contribution in [3.63, 3.8) is 0 Å². The molecule has 0 aromatic carbocycles. The van der Waals surface area contributed by atoms with Gasteiger partial charge in [0.25, 0.3) is 5.91 Å². The number of urea groups is 1. The van der Waals surface area contributed by atoms with Crippen molar-refractivity contribution in [1.82, 2.24) is 15.1 Å². The van der Waals surface area contributed by atoms with E-state index in [0.29, 0.717) is 25.3 Å². The van der Waals surface area contributed by atoms with E-state index < -0.39 is 11.6 Å². The van der Waals surface area contributed by atoms with Gasteiger partial charge < -0.3 is 10.2 Å². The highest BCUT2D eigenvalue weighted by atomic mass is 16.2. The molecule has 124 valence electrons. The lowest BCUT2D eigenvalue weighted by Gasteiger charge is -2.26. The Morgan fingerprint density at radius 1 is 1.27 bits per heavy atom. The highest BCUT2D eigenvalue weighted by Crippen LogP contribution is 2.27. The van der Waals surface area contributed by atoms with Crippen molar-refractivity contribution in [3.8, 4) is 0 Å². The minimum Gasteiger partial charge on any atom is -0.338 e. The summed E-state index contributed by atoms with van der Waals surface area (Å²) in [7, 11) is 0. The van der Waals surface area contributed by atoms with Crippen LogP contribution in [-0.2, 0) is 9.59 Å². The molecular weight excluding hydrogens is 282 g/mol. The van der Waals surface area contributed by atoms with Crippen LogP contribution < -0.4 is 5.32 Å². The lowest BCUT2D eigenvalue weighted by Crippen LogP contribution is -2.47. The number of likely N-dealkylation sites (tertiary alicyclic amines) is 1. The number of carbonyl (C=O) groups excluding carboxylic acids is 3. The zero-order valence-electron chi connectivity index (χ0n) is 14.0. The predicted octanol–water partition coefficient (Wildman–Crippen LogP) is 1.74. The molecule has 6 nitrogen and oxygen atoms in total. The second-order valence-electron chi connectivity index (χ2n) is 6.56. The van der Waals surface area contributed by atoms with Crippen LogP contribution in [0.25, 0.3) is 0 Å². The number of rotatable bonds is 5. The third-order valence-electron chi connectivity index (χ3n) is 5.16. The van der Waals surface area contributed by atoms with Crippen molar-refractivity contribution in [2.24, 2.45) is 5.92 Å². The van der Waals surface area contributed by atoms with E-state index in [-0.39, 0.29) is 24.4 Å². The number of amides is 4. The molecule has 2 heterocycles. The van der Waals surface area contributed by atoms with Gasteiger partial charge in [-0.15, -0.1) is 0 Å². The van der Waals surface area contributed by atoms with E-state index in [2.05, 4.69) is 19.2 Å². The molecule has 0 bridgehead atoms. The Labute approximate surface area is 132 Å². The van der Waals surface area contributed by atoms with Gasteiger partial charge in [-0.25, -0.2) is 4.79 Å². The summed E-state index contributed by atoms with van der Waals surface area (Å²) in [5, 5.41) is 2.76. The van der Waals surface area contributed by atoms with Crippen LogP contribution in [0.5, 0.6) is 0 Å². The Balaban J connectivity index is 2.09. The highest BCUT2D eigenvalue weighted by molar-refractivity contribution is 6.09. The van der Waals surface area contributed by atoms with Gasteiger partial charge in [-0.05, 0) is 31.6 Å². The van der Waals surface area contributed by atoms with E-state index in [4.69, 9.17) is 0 Å². The molecule has 2 saturated heterocycles. The largest absolute Gasteiger partial charge is 0.338 e. The van der Waals surface area contributed by atoms with E-state index in [1.807, 2.05) is 18.7 Å². The first-order valence-corrected chi connectivity index (χ1v) is 8.32. The Morgan fingerprint density at radius 2 is 1.91 bits per heavy atom. The molecule has 0 aromatic rings. The first-order valence-electron chi connectivity index (χ1n) is 8.32. The predicted molar refractivity (Wildman–Crippen MR) is 83.1 cm³/mol. The number of nitrogens with zero attached hydrogens (tertiary/aromatic N) is 2. The van der Waals surface area contributed by atoms with E-state index >= 15 is 0 Å². The van der Waals surface area contributed by atoms with E-state index in [9.17, 15) is 14.4 Å². The van der Waals surface area contributed by atoms with Crippen molar-refractivity contribution in [3.05, 3.63) is 0 Å². The monoisotopic (exact) mass is 309 g/mol. The van der Waals surface area contributed by atoms with Crippen molar-refractivity contribution in [2.75, 3.05) is 13.1 Å². The zero-order valence-corrected chi connectivity index (χ0v) is 14.0. The zero-order chi connectivity index (χ0) is 16.5. The normalized spacial score (nSPS) is 27.5. The Kier molecular flexibility index (Phi) is 4.78. The van der Waals surface area contributed by atoms with E-state index in [1.54, 1.807) is 0 Å². The Hall–Kier alpha value is -1.59. The molecule has 2 aliphatic rings. The molecule has 0 saturated carbocycles. The lowest BCUT2D eigenvalue weighted by molar-refractivity contribution is -0.139. The smallest absolute Gasteiger partial charge is 0.325 e. The van der Waals surface area contributed by atoms with Gasteiger partial charge in [0.15, 0.2) is 0 Å². The summed E-state index contributed by atoms with van der Waals surface area (Å²) in [6.07, 6.45) is 2.98. The minimum absolute atomic E-state index is 0.122. The summed E-state index contributed by atoms with van der Waals surface area (Å²) < 4.78 is 0. The summed E-state index contributed by atoms with van der Waals surface area (Å²) in [5.41, 5.74) is -0.834. The van der Waals surface area contributed by atoms with Gasteiger partial charge in [-0.2, -0.15) is 0 Å². The van der Waals surface area contributed by atoms with Gasteiger partial charge in [0, 0.05) is 12.6 Å². The summed E-state index contributed by atoms with van der Waals surface area (Å²) in [4.78, 5) is 40.1. The summed E-state index contributed by atoms with van der Waals surface area (Å²) in [6.45, 7) is 8.52. The summed E-state index contributed by atoms with van der Waals surface area (Å²) in [5.74, 6) is 0.0845. The molecule has 2 rings (SSSR count). The second kappa shape index (κ2) is 6.26. The van der Waals surface area contributed by atoms with Gasteiger partial charge in [0.1, 0.15) is 12.1 Å². The van der Waals surface area contributed by atoms with Crippen LogP contribution in [0.4, 0.5) is 4.79 Å². The van der Waals surface area contributed by atoms with Crippen molar-refractivity contribution >= 4 is 17.8 Å². The minimum atomic E-state index is -0.834. The SMILES string of the molecule is CC[C@@H]1C[C@@H](C)CN1C(=O)CN1C(=O)NC(CC)(CC)C1=O. The number of carbonyl (C=O) groups is 3. The van der Waals surface area contributed by atoms with Gasteiger partial charge >= 0.3 is 6.03 Å².